The van der Waals surface area contributed by atoms with Crippen LogP contribution < -0.4 is 5.32 Å². The van der Waals surface area contributed by atoms with Crippen LogP contribution in [-0.4, -0.2) is 16.9 Å². The van der Waals surface area contributed by atoms with Gasteiger partial charge in [-0.1, -0.05) is 40.3 Å². The number of carbonyl (C=O) groups excluding carboxylic acids is 1. The van der Waals surface area contributed by atoms with Gasteiger partial charge in [-0.25, -0.2) is 0 Å². The van der Waals surface area contributed by atoms with Crippen LogP contribution in [0.5, 0.6) is 0 Å². The quantitative estimate of drug-likeness (QED) is 0.517. The first kappa shape index (κ1) is 11.5. The van der Waals surface area contributed by atoms with E-state index in [1.807, 2.05) is 31.2 Å². The van der Waals surface area contributed by atoms with Crippen molar-refractivity contribution >= 4 is 28.5 Å². The number of aryl methyl sites for hydroxylation is 1. The number of nitrogens with one attached hydrogen (secondary N) is 1. The molecule has 0 aromatic heterocycles. The Labute approximate surface area is 98.2 Å². The van der Waals surface area contributed by atoms with Gasteiger partial charge >= 0.3 is 0 Å². The predicted molar refractivity (Wildman–Crippen MR) is 67.0 cm³/mol. The number of hydrogen-bond acceptors (Lipinski definition) is 1. The van der Waals surface area contributed by atoms with E-state index in [4.69, 9.17) is 0 Å². The van der Waals surface area contributed by atoms with E-state index in [1.54, 1.807) is 0 Å². The first-order valence-corrected chi connectivity index (χ1v) is 6.17. The van der Waals surface area contributed by atoms with Gasteiger partial charge in [0.1, 0.15) is 0 Å². The Hall–Kier alpha value is -0.580. The molecule has 1 rings (SSSR count). The highest BCUT2D eigenvalue weighted by Gasteiger charge is 2.02. The van der Waals surface area contributed by atoms with Crippen LogP contribution in [0, 0.1) is 6.92 Å². The molecule has 1 N–H and O–H groups in total. The molecule has 0 aliphatic heterocycles. The predicted octanol–water partition coefficient (Wildman–Crippen LogP) is 2.55. The van der Waals surface area contributed by atoms with E-state index in [-0.39, 0.29) is 5.91 Å². The third-order valence-corrected chi connectivity index (χ3v) is 2.67. The summed E-state index contributed by atoms with van der Waals surface area (Å²) in [5.74, 6) is 0.0230. The average Bonchev–Trinajstić information content (AvgIpc) is 2.19. The van der Waals surface area contributed by atoms with Crippen molar-refractivity contribution in [3.8, 4) is 0 Å². The molecule has 0 radical (unpaired) electrons. The van der Waals surface area contributed by atoms with Crippen molar-refractivity contribution in [3.63, 3.8) is 0 Å². The number of benzene rings is 1. The van der Waals surface area contributed by atoms with E-state index in [9.17, 15) is 4.79 Å². The Morgan fingerprint density at radius 3 is 2.57 bits per heavy atom. The molecule has 3 heteroatoms. The van der Waals surface area contributed by atoms with Gasteiger partial charge in [-0.2, -0.15) is 0 Å². The van der Waals surface area contributed by atoms with Crippen LogP contribution in [0.2, 0.25) is 0 Å². The van der Waals surface area contributed by atoms with Crippen LogP contribution >= 0.6 is 22.6 Å². The van der Waals surface area contributed by atoms with Crippen molar-refractivity contribution in [2.45, 2.75) is 13.3 Å². The fourth-order valence-corrected chi connectivity index (χ4v) is 1.46. The number of amides is 1. The van der Waals surface area contributed by atoms with E-state index in [2.05, 4.69) is 27.9 Å². The van der Waals surface area contributed by atoms with Crippen LogP contribution in [0.1, 0.15) is 22.3 Å². The van der Waals surface area contributed by atoms with Gasteiger partial charge in [0.25, 0.3) is 5.91 Å². The fraction of sp³-hybridized carbons (Fsp3) is 0.364. The lowest BCUT2D eigenvalue weighted by atomic mass is 10.1. The molecular formula is C11H14INO. The second kappa shape index (κ2) is 6.01. The summed E-state index contributed by atoms with van der Waals surface area (Å²) in [6, 6.07) is 7.62. The molecule has 2 nitrogen and oxygen atoms in total. The van der Waals surface area contributed by atoms with Crippen molar-refractivity contribution in [1.82, 2.24) is 5.32 Å². The molecule has 0 spiro atoms. The van der Waals surface area contributed by atoms with E-state index < -0.39 is 0 Å². The van der Waals surface area contributed by atoms with Crippen molar-refractivity contribution in [2.24, 2.45) is 0 Å². The van der Waals surface area contributed by atoms with Gasteiger partial charge in [0.05, 0.1) is 0 Å². The maximum atomic E-state index is 11.5. The molecule has 0 atom stereocenters. The minimum atomic E-state index is 0.0230. The standard InChI is InChI=1S/C11H14INO/c1-9-3-5-10(6-4-9)11(14)13-8-2-7-12/h3-6H,2,7-8H2,1H3,(H,13,14). The summed E-state index contributed by atoms with van der Waals surface area (Å²) in [4.78, 5) is 11.5. The Balaban J connectivity index is 2.48. The molecule has 14 heavy (non-hydrogen) atoms. The molecule has 76 valence electrons. The normalized spacial score (nSPS) is 9.86. The van der Waals surface area contributed by atoms with Crippen LogP contribution in [0.3, 0.4) is 0 Å². The zero-order valence-corrected chi connectivity index (χ0v) is 10.4. The minimum Gasteiger partial charge on any atom is -0.352 e. The summed E-state index contributed by atoms with van der Waals surface area (Å²) < 4.78 is 1.08. The van der Waals surface area contributed by atoms with E-state index in [0.717, 1.165) is 23.0 Å². The van der Waals surface area contributed by atoms with Gasteiger partial charge in [0.2, 0.25) is 0 Å². The molecule has 0 unspecified atom stereocenters. The first-order chi connectivity index (χ1) is 6.74. The molecule has 0 aliphatic carbocycles. The van der Waals surface area contributed by atoms with Crippen LogP contribution in [0.4, 0.5) is 0 Å². The number of hydrogen-bond donors (Lipinski definition) is 1. The molecule has 0 saturated carbocycles. The zero-order valence-electron chi connectivity index (χ0n) is 8.22. The van der Waals surface area contributed by atoms with Crippen molar-refractivity contribution in [3.05, 3.63) is 35.4 Å². The van der Waals surface area contributed by atoms with Gasteiger partial charge in [-0.15, -0.1) is 0 Å². The van der Waals surface area contributed by atoms with E-state index >= 15 is 0 Å². The largest absolute Gasteiger partial charge is 0.352 e. The van der Waals surface area contributed by atoms with Crippen molar-refractivity contribution < 1.29 is 4.79 Å². The summed E-state index contributed by atoms with van der Waals surface area (Å²) in [5.41, 5.74) is 1.91. The summed E-state index contributed by atoms with van der Waals surface area (Å²) in [6.07, 6.45) is 1.03. The molecule has 0 aliphatic rings. The van der Waals surface area contributed by atoms with Gasteiger partial charge in [-0.3, -0.25) is 4.79 Å². The SMILES string of the molecule is Cc1ccc(C(=O)NCCCI)cc1. The average molecular weight is 303 g/mol. The fourth-order valence-electron chi connectivity index (χ4n) is 1.08. The topological polar surface area (TPSA) is 29.1 Å². The molecular weight excluding hydrogens is 289 g/mol. The summed E-state index contributed by atoms with van der Waals surface area (Å²) >= 11 is 2.30. The molecule has 1 amide bonds. The highest BCUT2D eigenvalue weighted by molar-refractivity contribution is 14.1. The third-order valence-electron chi connectivity index (χ3n) is 1.91. The molecule has 0 bridgehead atoms. The monoisotopic (exact) mass is 303 g/mol. The lowest BCUT2D eigenvalue weighted by molar-refractivity contribution is 0.0954. The molecule has 0 heterocycles. The van der Waals surface area contributed by atoms with E-state index in [0.29, 0.717) is 0 Å². The highest BCUT2D eigenvalue weighted by atomic mass is 127. The lowest BCUT2D eigenvalue weighted by Gasteiger charge is -2.03. The summed E-state index contributed by atoms with van der Waals surface area (Å²) in [6.45, 7) is 2.77. The zero-order chi connectivity index (χ0) is 10.4. The van der Waals surface area contributed by atoms with Gasteiger partial charge in [-0.05, 0) is 25.5 Å². The maximum absolute atomic E-state index is 11.5. The van der Waals surface area contributed by atoms with E-state index in [1.165, 1.54) is 5.56 Å². The maximum Gasteiger partial charge on any atom is 0.251 e. The van der Waals surface area contributed by atoms with Crippen molar-refractivity contribution in [2.75, 3.05) is 11.0 Å². The first-order valence-electron chi connectivity index (χ1n) is 4.65. The van der Waals surface area contributed by atoms with Gasteiger partial charge in [0, 0.05) is 16.5 Å². The Kier molecular flexibility index (Phi) is 4.93. The molecule has 1 aromatic carbocycles. The molecule has 0 fully saturated rings. The van der Waals surface area contributed by atoms with Gasteiger partial charge in [0.15, 0.2) is 0 Å². The number of alkyl halides is 1. The summed E-state index contributed by atoms with van der Waals surface area (Å²) in [5, 5.41) is 2.88. The Bertz CT molecular complexity index is 295. The van der Waals surface area contributed by atoms with Gasteiger partial charge < -0.3 is 5.32 Å². The minimum absolute atomic E-state index is 0.0230. The second-order valence-corrected chi connectivity index (χ2v) is 4.24. The van der Waals surface area contributed by atoms with Crippen molar-refractivity contribution in [1.29, 1.82) is 0 Å². The lowest BCUT2D eigenvalue weighted by Crippen LogP contribution is -2.24. The third kappa shape index (κ3) is 3.65. The smallest absolute Gasteiger partial charge is 0.251 e. The Morgan fingerprint density at radius 1 is 1.36 bits per heavy atom. The number of rotatable bonds is 4. The van der Waals surface area contributed by atoms with Crippen LogP contribution in [0.25, 0.3) is 0 Å². The second-order valence-electron chi connectivity index (χ2n) is 3.16. The highest BCUT2D eigenvalue weighted by Crippen LogP contribution is 2.02. The number of carbonyl (C=O) groups is 1. The summed E-state index contributed by atoms with van der Waals surface area (Å²) in [7, 11) is 0. The van der Waals surface area contributed by atoms with Crippen LogP contribution in [-0.2, 0) is 0 Å². The van der Waals surface area contributed by atoms with Crippen LogP contribution in [0.15, 0.2) is 24.3 Å². The molecule has 1 aromatic rings. The Morgan fingerprint density at radius 2 is 2.00 bits per heavy atom. The number of halogens is 1. The molecule has 0 saturated heterocycles.